The summed E-state index contributed by atoms with van der Waals surface area (Å²) in [7, 11) is 0. The van der Waals surface area contributed by atoms with Crippen LogP contribution in [0, 0.1) is 0 Å². The Hall–Kier alpha value is -1.70. The Bertz CT molecular complexity index is 844. The SMILES string of the molecule is C[C@@H]1Cc2cc3c(cc2[C@@H](c2ccc(Br)cc2)N1CC(F)(F)CO)OCO3. The number of nitrogens with zero attached hydrogens (tertiary/aromatic N) is 1. The van der Waals surface area contributed by atoms with Gasteiger partial charge >= 0.3 is 0 Å². The van der Waals surface area contributed by atoms with Gasteiger partial charge < -0.3 is 14.6 Å². The molecule has 2 atom stereocenters. The van der Waals surface area contributed by atoms with E-state index in [-0.39, 0.29) is 18.9 Å². The van der Waals surface area contributed by atoms with E-state index in [1.54, 1.807) is 4.90 Å². The maximum atomic E-state index is 14.1. The highest BCUT2D eigenvalue weighted by Gasteiger charge is 2.41. The van der Waals surface area contributed by atoms with Crippen molar-refractivity contribution in [2.45, 2.75) is 31.4 Å². The second kappa shape index (κ2) is 7.04. The van der Waals surface area contributed by atoms with Crippen molar-refractivity contribution in [3.63, 3.8) is 0 Å². The van der Waals surface area contributed by atoms with Gasteiger partial charge in [0.25, 0.3) is 5.92 Å². The van der Waals surface area contributed by atoms with Gasteiger partial charge in [-0.2, -0.15) is 0 Å². The van der Waals surface area contributed by atoms with E-state index in [2.05, 4.69) is 15.9 Å². The second-order valence-electron chi connectivity index (χ2n) is 7.10. The van der Waals surface area contributed by atoms with E-state index < -0.39 is 19.1 Å². The Labute approximate surface area is 164 Å². The van der Waals surface area contributed by atoms with Gasteiger partial charge in [0.05, 0.1) is 12.6 Å². The molecule has 0 aliphatic carbocycles. The molecule has 0 spiro atoms. The van der Waals surface area contributed by atoms with Gasteiger partial charge in [-0.25, -0.2) is 8.78 Å². The molecule has 4 nitrogen and oxygen atoms in total. The minimum atomic E-state index is -3.17. The van der Waals surface area contributed by atoms with Crippen molar-refractivity contribution in [1.29, 1.82) is 0 Å². The van der Waals surface area contributed by atoms with E-state index >= 15 is 0 Å². The van der Waals surface area contributed by atoms with Crippen LogP contribution in [0.4, 0.5) is 8.78 Å². The number of hydrogen-bond acceptors (Lipinski definition) is 4. The predicted molar refractivity (Wildman–Crippen MR) is 100 cm³/mol. The maximum absolute atomic E-state index is 14.1. The third kappa shape index (κ3) is 3.56. The first-order chi connectivity index (χ1) is 12.9. The lowest BCUT2D eigenvalue weighted by atomic mass is 9.84. The Morgan fingerprint density at radius 2 is 1.85 bits per heavy atom. The molecule has 0 radical (unpaired) electrons. The highest BCUT2D eigenvalue weighted by Crippen LogP contribution is 2.45. The Kier molecular flexibility index (Phi) is 4.86. The number of aliphatic hydroxyl groups is 1. The number of aliphatic hydroxyl groups excluding tert-OH is 1. The maximum Gasteiger partial charge on any atom is 0.283 e. The van der Waals surface area contributed by atoms with Gasteiger partial charge in [0.1, 0.15) is 6.61 Å². The lowest BCUT2D eigenvalue weighted by molar-refractivity contribution is -0.0862. The predicted octanol–water partition coefficient (Wildman–Crippen LogP) is 4.14. The Morgan fingerprint density at radius 1 is 1.19 bits per heavy atom. The molecule has 2 aromatic carbocycles. The summed E-state index contributed by atoms with van der Waals surface area (Å²) in [4.78, 5) is 1.77. The molecule has 0 amide bonds. The molecule has 0 saturated heterocycles. The van der Waals surface area contributed by atoms with Gasteiger partial charge in [-0.1, -0.05) is 28.1 Å². The van der Waals surface area contributed by atoms with Crippen molar-refractivity contribution in [3.05, 3.63) is 57.6 Å². The summed E-state index contributed by atoms with van der Waals surface area (Å²) >= 11 is 3.43. The summed E-state index contributed by atoms with van der Waals surface area (Å²) in [6.45, 7) is 0.423. The summed E-state index contributed by atoms with van der Waals surface area (Å²) in [6.07, 6.45) is 0.626. The van der Waals surface area contributed by atoms with Crippen molar-refractivity contribution >= 4 is 15.9 Å². The third-order valence-electron chi connectivity index (χ3n) is 5.17. The minimum absolute atomic E-state index is 0.121. The van der Waals surface area contributed by atoms with Crippen LogP contribution in [0.3, 0.4) is 0 Å². The zero-order valence-corrected chi connectivity index (χ0v) is 16.4. The quantitative estimate of drug-likeness (QED) is 0.776. The van der Waals surface area contributed by atoms with Crippen molar-refractivity contribution in [2.24, 2.45) is 0 Å². The Morgan fingerprint density at radius 3 is 2.52 bits per heavy atom. The van der Waals surface area contributed by atoms with Crippen LogP contribution in [0.25, 0.3) is 0 Å². The number of fused-ring (bicyclic) bond motifs is 2. The zero-order valence-electron chi connectivity index (χ0n) is 14.8. The van der Waals surface area contributed by atoms with Crippen LogP contribution in [0.1, 0.15) is 29.7 Å². The molecular weight excluding hydrogens is 420 g/mol. The molecule has 7 heteroatoms. The topological polar surface area (TPSA) is 41.9 Å². The Balaban J connectivity index is 1.83. The lowest BCUT2D eigenvalue weighted by Gasteiger charge is -2.43. The van der Waals surface area contributed by atoms with Crippen LogP contribution >= 0.6 is 15.9 Å². The van der Waals surface area contributed by atoms with E-state index in [1.807, 2.05) is 43.3 Å². The van der Waals surface area contributed by atoms with Crippen LogP contribution in [0.5, 0.6) is 11.5 Å². The number of hydrogen-bond donors (Lipinski definition) is 1. The van der Waals surface area contributed by atoms with Gasteiger partial charge in [0.2, 0.25) is 6.79 Å². The average molecular weight is 440 g/mol. The third-order valence-corrected chi connectivity index (χ3v) is 5.70. The molecule has 2 aliphatic heterocycles. The molecule has 0 unspecified atom stereocenters. The van der Waals surface area contributed by atoms with E-state index in [1.165, 1.54) is 0 Å². The summed E-state index contributed by atoms with van der Waals surface area (Å²) in [5, 5.41) is 9.11. The number of rotatable bonds is 4. The molecular formula is C20H20BrF2NO3. The van der Waals surface area contributed by atoms with E-state index in [0.717, 1.165) is 21.2 Å². The molecule has 0 saturated carbocycles. The number of alkyl halides is 2. The summed E-state index contributed by atoms with van der Waals surface area (Å²) in [5.41, 5.74) is 2.93. The summed E-state index contributed by atoms with van der Waals surface area (Å²) in [6, 6.07) is 11.1. The van der Waals surface area contributed by atoms with Crippen molar-refractivity contribution in [2.75, 3.05) is 19.9 Å². The standard InChI is InChI=1S/C20H20BrF2NO3/c1-12-6-14-7-17-18(27-11-26-17)8-16(14)19(13-2-4-15(21)5-3-13)24(12)9-20(22,23)10-25/h2-5,7-8,12,19,25H,6,9-11H2,1H3/t12-,19-/m1/s1. The fourth-order valence-electron chi connectivity index (χ4n) is 3.88. The van der Waals surface area contributed by atoms with Crippen LogP contribution in [0.15, 0.2) is 40.9 Å². The zero-order chi connectivity index (χ0) is 19.2. The fourth-order valence-corrected chi connectivity index (χ4v) is 4.14. The molecule has 4 rings (SSSR count). The summed E-state index contributed by atoms with van der Waals surface area (Å²) in [5.74, 6) is -1.83. The molecule has 0 aromatic heterocycles. The minimum Gasteiger partial charge on any atom is -0.454 e. The van der Waals surface area contributed by atoms with Gasteiger partial charge in [-0.3, -0.25) is 4.90 Å². The van der Waals surface area contributed by atoms with Crippen molar-refractivity contribution < 1.29 is 23.4 Å². The number of benzene rings is 2. The molecule has 2 aromatic rings. The van der Waals surface area contributed by atoms with E-state index in [0.29, 0.717) is 17.9 Å². The van der Waals surface area contributed by atoms with E-state index in [9.17, 15) is 8.78 Å². The van der Waals surface area contributed by atoms with Gasteiger partial charge in [0, 0.05) is 10.5 Å². The first-order valence-electron chi connectivity index (χ1n) is 8.80. The molecule has 27 heavy (non-hydrogen) atoms. The van der Waals surface area contributed by atoms with Gasteiger partial charge in [0.15, 0.2) is 11.5 Å². The van der Waals surface area contributed by atoms with Crippen LogP contribution < -0.4 is 9.47 Å². The monoisotopic (exact) mass is 439 g/mol. The van der Waals surface area contributed by atoms with Gasteiger partial charge in [-0.15, -0.1) is 0 Å². The first kappa shape index (κ1) is 18.7. The lowest BCUT2D eigenvalue weighted by Crippen LogP contribution is -2.49. The van der Waals surface area contributed by atoms with Crippen molar-refractivity contribution in [1.82, 2.24) is 4.90 Å². The van der Waals surface area contributed by atoms with Crippen LogP contribution in [-0.4, -0.2) is 41.9 Å². The van der Waals surface area contributed by atoms with E-state index in [4.69, 9.17) is 14.6 Å². The molecule has 0 bridgehead atoms. The molecule has 2 heterocycles. The molecule has 1 N–H and O–H groups in total. The highest BCUT2D eigenvalue weighted by molar-refractivity contribution is 9.10. The fraction of sp³-hybridized carbons (Fsp3) is 0.400. The smallest absolute Gasteiger partial charge is 0.283 e. The van der Waals surface area contributed by atoms with Crippen LogP contribution in [-0.2, 0) is 6.42 Å². The molecule has 0 fully saturated rings. The molecule has 144 valence electrons. The van der Waals surface area contributed by atoms with Crippen molar-refractivity contribution in [3.8, 4) is 11.5 Å². The number of ether oxygens (including phenoxy) is 2. The largest absolute Gasteiger partial charge is 0.454 e. The highest BCUT2D eigenvalue weighted by atomic mass is 79.9. The normalized spacial score (nSPS) is 22.0. The first-order valence-corrected chi connectivity index (χ1v) is 9.59. The summed E-state index contributed by atoms with van der Waals surface area (Å²) < 4.78 is 40.2. The number of halogens is 3. The second-order valence-corrected chi connectivity index (χ2v) is 8.01. The molecule has 2 aliphatic rings. The van der Waals surface area contributed by atoms with Crippen LogP contribution in [0.2, 0.25) is 0 Å². The average Bonchev–Trinajstić information content (AvgIpc) is 3.09. The van der Waals surface area contributed by atoms with Gasteiger partial charge in [-0.05, 0) is 54.3 Å².